The highest BCUT2D eigenvalue weighted by Gasteiger charge is 2.13. The molecule has 0 aliphatic rings. The molecule has 0 saturated carbocycles. The van der Waals surface area contributed by atoms with E-state index in [4.69, 9.17) is 5.73 Å². The maximum Gasteiger partial charge on any atom is 0.271 e. The molecule has 0 fully saturated rings. The van der Waals surface area contributed by atoms with Gasteiger partial charge in [0.2, 0.25) is 0 Å². The van der Waals surface area contributed by atoms with Crippen LogP contribution in [0.3, 0.4) is 0 Å². The lowest BCUT2D eigenvalue weighted by Gasteiger charge is -2.04. The number of aryl methyl sites for hydroxylation is 1. The lowest BCUT2D eigenvalue weighted by molar-refractivity contribution is 0.0945. The van der Waals surface area contributed by atoms with Crippen molar-refractivity contribution in [3.8, 4) is 0 Å². The van der Waals surface area contributed by atoms with Crippen LogP contribution < -0.4 is 11.1 Å². The first-order chi connectivity index (χ1) is 6.16. The van der Waals surface area contributed by atoms with Crippen LogP contribution in [0.4, 0.5) is 5.69 Å². The maximum atomic E-state index is 11.5. The van der Waals surface area contributed by atoms with Crippen molar-refractivity contribution in [1.29, 1.82) is 0 Å². The molecule has 6 heteroatoms. The van der Waals surface area contributed by atoms with Gasteiger partial charge >= 0.3 is 0 Å². The fourth-order valence-electron chi connectivity index (χ4n) is 1.05. The van der Waals surface area contributed by atoms with Gasteiger partial charge in [-0.05, 0) is 6.42 Å². The Labute approximate surface area is 89.1 Å². The minimum absolute atomic E-state index is 0. The molecule has 0 aliphatic heterocycles. The summed E-state index contributed by atoms with van der Waals surface area (Å²) in [5.41, 5.74) is 6.41. The van der Waals surface area contributed by atoms with Crippen LogP contribution in [-0.2, 0) is 7.05 Å². The van der Waals surface area contributed by atoms with Gasteiger partial charge < -0.3 is 11.1 Å². The summed E-state index contributed by atoms with van der Waals surface area (Å²) in [5.74, 6) is -0.167. The van der Waals surface area contributed by atoms with Crippen molar-refractivity contribution in [3.05, 3.63) is 11.9 Å². The summed E-state index contributed by atoms with van der Waals surface area (Å²) in [6.07, 6.45) is 2.38. The molecule has 1 rings (SSSR count). The maximum absolute atomic E-state index is 11.5. The van der Waals surface area contributed by atoms with E-state index in [-0.39, 0.29) is 18.3 Å². The van der Waals surface area contributed by atoms with Crippen LogP contribution in [-0.4, -0.2) is 22.2 Å². The minimum atomic E-state index is -0.167. The van der Waals surface area contributed by atoms with Gasteiger partial charge in [-0.1, -0.05) is 6.92 Å². The molecule has 0 aliphatic carbocycles. The average Bonchev–Trinajstić information content (AvgIpc) is 2.42. The number of nitrogen functional groups attached to an aromatic ring is 1. The third-order valence-corrected chi connectivity index (χ3v) is 1.72. The Kier molecular flexibility index (Phi) is 5.01. The van der Waals surface area contributed by atoms with Crippen LogP contribution in [0.5, 0.6) is 0 Å². The van der Waals surface area contributed by atoms with Crippen molar-refractivity contribution in [2.24, 2.45) is 7.05 Å². The molecule has 14 heavy (non-hydrogen) atoms. The summed E-state index contributed by atoms with van der Waals surface area (Å²) in [5, 5.41) is 6.61. The lowest BCUT2D eigenvalue weighted by Crippen LogP contribution is -2.26. The number of halogens is 1. The fourth-order valence-corrected chi connectivity index (χ4v) is 1.05. The minimum Gasteiger partial charge on any atom is -0.396 e. The van der Waals surface area contributed by atoms with E-state index in [1.165, 1.54) is 10.9 Å². The van der Waals surface area contributed by atoms with Crippen molar-refractivity contribution in [3.63, 3.8) is 0 Å². The number of nitrogens with one attached hydrogen (secondary N) is 1. The normalized spacial score (nSPS) is 9.29. The molecule has 0 atom stereocenters. The average molecular weight is 219 g/mol. The number of nitrogens with zero attached hydrogens (tertiary/aromatic N) is 2. The number of anilines is 1. The van der Waals surface area contributed by atoms with Gasteiger partial charge in [0.05, 0.1) is 11.9 Å². The van der Waals surface area contributed by atoms with Crippen molar-refractivity contribution in [2.45, 2.75) is 13.3 Å². The van der Waals surface area contributed by atoms with E-state index in [0.29, 0.717) is 17.9 Å². The molecule has 3 N–H and O–H groups in total. The number of aromatic nitrogens is 2. The predicted molar refractivity (Wildman–Crippen MR) is 57.5 cm³/mol. The van der Waals surface area contributed by atoms with E-state index >= 15 is 0 Å². The zero-order valence-electron chi connectivity index (χ0n) is 8.28. The fraction of sp³-hybridized carbons (Fsp3) is 0.500. The summed E-state index contributed by atoms with van der Waals surface area (Å²) in [7, 11) is 1.69. The molecule has 5 nitrogen and oxygen atoms in total. The van der Waals surface area contributed by atoms with Crippen molar-refractivity contribution >= 4 is 24.0 Å². The highest BCUT2D eigenvalue weighted by molar-refractivity contribution is 5.97. The molecule has 0 unspecified atom stereocenters. The Balaban J connectivity index is 0.00000169. The molecular formula is C8H15ClN4O. The van der Waals surface area contributed by atoms with E-state index in [1.807, 2.05) is 6.92 Å². The van der Waals surface area contributed by atoms with Gasteiger partial charge in [0.15, 0.2) is 0 Å². The number of carbonyl (C=O) groups excluding carboxylic acids is 1. The second-order valence-corrected chi connectivity index (χ2v) is 2.83. The molecule has 1 amide bonds. The van der Waals surface area contributed by atoms with E-state index in [2.05, 4.69) is 10.4 Å². The molecule has 1 heterocycles. The Morgan fingerprint density at radius 1 is 1.71 bits per heavy atom. The monoisotopic (exact) mass is 218 g/mol. The molecule has 80 valence electrons. The second kappa shape index (κ2) is 5.49. The predicted octanol–water partition coefficient (Wildman–Crippen LogP) is 0.564. The number of nitrogens with two attached hydrogens (primary N) is 1. The largest absolute Gasteiger partial charge is 0.396 e. The van der Waals surface area contributed by atoms with Crippen molar-refractivity contribution < 1.29 is 4.79 Å². The van der Waals surface area contributed by atoms with Crippen LogP contribution in [0, 0.1) is 0 Å². The Morgan fingerprint density at radius 2 is 2.36 bits per heavy atom. The number of hydrogen-bond donors (Lipinski definition) is 2. The van der Waals surface area contributed by atoms with Crippen LogP contribution in [0.1, 0.15) is 23.8 Å². The first-order valence-electron chi connectivity index (χ1n) is 4.22. The van der Waals surface area contributed by atoms with Gasteiger partial charge in [-0.25, -0.2) is 0 Å². The first kappa shape index (κ1) is 12.8. The zero-order valence-corrected chi connectivity index (χ0v) is 9.10. The topological polar surface area (TPSA) is 72.9 Å². The SMILES string of the molecule is CCCNC(=O)c1c(N)cnn1C.Cl. The van der Waals surface area contributed by atoms with Gasteiger partial charge in [-0.15, -0.1) is 12.4 Å². The highest BCUT2D eigenvalue weighted by Crippen LogP contribution is 2.08. The van der Waals surface area contributed by atoms with Crippen LogP contribution >= 0.6 is 12.4 Å². The summed E-state index contributed by atoms with van der Waals surface area (Å²) in [6.45, 7) is 2.65. The van der Waals surface area contributed by atoms with Gasteiger partial charge in [-0.2, -0.15) is 5.10 Å². The third-order valence-electron chi connectivity index (χ3n) is 1.72. The van der Waals surface area contributed by atoms with Crippen LogP contribution in [0.25, 0.3) is 0 Å². The number of hydrogen-bond acceptors (Lipinski definition) is 3. The molecule has 0 radical (unpaired) electrons. The molecular weight excluding hydrogens is 204 g/mol. The van der Waals surface area contributed by atoms with E-state index in [9.17, 15) is 4.79 Å². The first-order valence-corrected chi connectivity index (χ1v) is 4.22. The van der Waals surface area contributed by atoms with Gasteiger partial charge in [0.1, 0.15) is 5.69 Å². The van der Waals surface area contributed by atoms with Crippen LogP contribution in [0.2, 0.25) is 0 Å². The van der Waals surface area contributed by atoms with Crippen LogP contribution in [0.15, 0.2) is 6.20 Å². The van der Waals surface area contributed by atoms with E-state index in [1.54, 1.807) is 7.05 Å². The molecule has 1 aromatic heterocycles. The number of amides is 1. The summed E-state index contributed by atoms with van der Waals surface area (Å²) < 4.78 is 1.47. The van der Waals surface area contributed by atoms with E-state index in [0.717, 1.165) is 6.42 Å². The van der Waals surface area contributed by atoms with Gasteiger partial charge in [-0.3, -0.25) is 9.48 Å². The second-order valence-electron chi connectivity index (χ2n) is 2.83. The smallest absolute Gasteiger partial charge is 0.271 e. The summed E-state index contributed by atoms with van der Waals surface area (Å²) >= 11 is 0. The summed E-state index contributed by atoms with van der Waals surface area (Å²) in [4.78, 5) is 11.5. The highest BCUT2D eigenvalue weighted by atomic mass is 35.5. The third kappa shape index (κ3) is 2.63. The molecule has 0 saturated heterocycles. The number of rotatable bonds is 3. The quantitative estimate of drug-likeness (QED) is 0.779. The van der Waals surface area contributed by atoms with E-state index < -0.39 is 0 Å². The zero-order chi connectivity index (χ0) is 9.84. The Bertz CT molecular complexity index is 291. The molecule has 1 aromatic rings. The Hall–Kier alpha value is -1.23. The molecule has 0 spiro atoms. The Morgan fingerprint density at radius 3 is 2.79 bits per heavy atom. The lowest BCUT2D eigenvalue weighted by atomic mass is 10.3. The number of carbonyl (C=O) groups is 1. The van der Waals surface area contributed by atoms with Crippen molar-refractivity contribution in [2.75, 3.05) is 12.3 Å². The van der Waals surface area contributed by atoms with Gasteiger partial charge in [0.25, 0.3) is 5.91 Å². The standard InChI is InChI=1S/C8H14N4O.ClH/c1-3-4-10-8(13)7-6(9)5-11-12(7)2;/h5H,3-4,9H2,1-2H3,(H,10,13);1H. The summed E-state index contributed by atoms with van der Waals surface area (Å²) in [6, 6.07) is 0. The molecule has 0 aromatic carbocycles. The van der Waals surface area contributed by atoms with Gasteiger partial charge in [0, 0.05) is 13.6 Å². The molecule has 0 bridgehead atoms. The van der Waals surface area contributed by atoms with Crippen molar-refractivity contribution in [1.82, 2.24) is 15.1 Å².